The van der Waals surface area contributed by atoms with Crippen LogP contribution in [0.5, 0.6) is 5.75 Å². The van der Waals surface area contributed by atoms with Gasteiger partial charge in [0.25, 0.3) is 0 Å². The minimum atomic E-state index is -1.16. The number of ether oxygens (including phenoxy) is 1. The van der Waals surface area contributed by atoms with Crippen molar-refractivity contribution in [2.45, 2.75) is 43.8 Å². The van der Waals surface area contributed by atoms with Gasteiger partial charge in [0.15, 0.2) is 0 Å². The maximum absolute atomic E-state index is 11.6. The number of pyridine rings is 1. The molecule has 0 unspecified atom stereocenters. The first kappa shape index (κ1) is 26.6. The number of hydrogen-bond donors (Lipinski definition) is 2. The number of rotatable bonds is 8. The highest BCUT2D eigenvalue weighted by atomic mass is 35.5. The molecule has 0 bridgehead atoms. The summed E-state index contributed by atoms with van der Waals surface area (Å²) in [6.07, 6.45) is 4.42. The smallest absolute Gasteiger partial charge is 0.339 e. The van der Waals surface area contributed by atoms with Gasteiger partial charge in [-0.15, -0.1) is 0 Å². The Morgan fingerprint density at radius 1 is 1.07 bits per heavy atom. The van der Waals surface area contributed by atoms with Crippen molar-refractivity contribution in [3.63, 3.8) is 0 Å². The second kappa shape index (κ2) is 10.8. The molecule has 2 aromatic carbocycles. The van der Waals surface area contributed by atoms with Crippen molar-refractivity contribution in [2.24, 2.45) is 0 Å². The lowest BCUT2D eigenvalue weighted by molar-refractivity contribution is 0.0117. The van der Waals surface area contributed by atoms with E-state index >= 15 is 0 Å². The van der Waals surface area contributed by atoms with Gasteiger partial charge in [0, 0.05) is 36.3 Å². The summed E-state index contributed by atoms with van der Waals surface area (Å²) in [6, 6.07) is 15.9. The molecule has 40 heavy (non-hydrogen) atoms. The number of hydrogen-bond acceptors (Lipinski definition) is 7. The van der Waals surface area contributed by atoms with Gasteiger partial charge in [-0.2, -0.15) is 0 Å². The van der Waals surface area contributed by atoms with Crippen molar-refractivity contribution in [2.75, 3.05) is 18.0 Å². The van der Waals surface area contributed by atoms with E-state index in [9.17, 15) is 15.0 Å². The van der Waals surface area contributed by atoms with E-state index in [1.54, 1.807) is 30.5 Å². The average molecular weight is 580 g/mol. The summed E-state index contributed by atoms with van der Waals surface area (Å²) in [6.45, 7) is 1.11. The van der Waals surface area contributed by atoms with Crippen molar-refractivity contribution < 1.29 is 24.3 Å². The average Bonchev–Trinajstić information content (AvgIpc) is 3.71. The van der Waals surface area contributed by atoms with Crippen molar-refractivity contribution in [3.8, 4) is 17.0 Å². The zero-order valence-electron chi connectivity index (χ0n) is 21.5. The third-order valence-corrected chi connectivity index (χ3v) is 8.27. The summed E-state index contributed by atoms with van der Waals surface area (Å²) in [5.41, 5.74) is 1.94. The molecule has 2 fully saturated rings. The van der Waals surface area contributed by atoms with Crippen LogP contribution < -0.4 is 9.64 Å². The minimum absolute atomic E-state index is 0.142. The third-order valence-electron chi connectivity index (χ3n) is 7.63. The first-order valence-corrected chi connectivity index (χ1v) is 13.9. The monoisotopic (exact) mass is 579 g/mol. The molecule has 2 N–H and O–H groups in total. The number of nitrogens with zero attached hydrogens (tertiary/aromatic N) is 3. The number of anilines is 1. The quantitative estimate of drug-likeness (QED) is 0.238. The fraction of sp³-hybridized carbons (Fsp3) is 0.300. The lowest BCUT2D eigenvalue weighted by atomic mass is 9.84. The maximum Gasteiger partial charge on any atom is 0.339 e. The molecule has 0 amide bonds. The number of aliphatic hydroxyl groups is 1. The SMILES string of the molecule is O=C(O)c1cccnc1N1CCC(O)(c2ccc(OCc3c(-c4ccccc4Cl)noc3C3CC3)cc2Cl)CC1. The van der Waals surface area contributed by atoms with E-state index in [2.05, 4.69) is 10.1 Å². The van der Waals surface area contributed by atoms with E-state index in [0.717, 1.165) is 29.7 Å². The summed E-state index contributed by atoms with van der Waals surface area (Å²) >= 11 is 13.1. The third kappa shape index (κ3) is 5.14. The van der Waals surface area contributed by atoms with Crippen LogP contribution in [0.2, 0.25) is 10.0 Å². The number of aromatic nitrogens is 2. The van der Waals surface area contributed by atoms with E-state index in [1.807, 2.05) is 29.2 Å². The highest BCUT2D eigenvalue weighted by molar-refractivity contribution is 6.33. The van der Waals surface area contributed by atoms with Gasteiger partial charge in [0.1, 0.15) is 35.2 Å². The van der Waals surface area contributed by atoms with E-state index in [0.29, 0.717) is 64.7 Å². The molecule has 2 aliphatic rings. The fourth-order valence-electron chi connectivity index (χ4n) is 5.28. The molecule has 6 rings (SSSR count). The Kier molecular flexibility index (Phi) is 7.16. The molecule has 0 atom stereocenters. The van der Waals surface area contributed by atoms with Gasteiger partial charge in [0.2, 0.25) is 0 Å². The Morgan fingerprint density at radius 3 is 2.55 bits per heavy atom. The Labute approximate surface area is 241 Å². The molecular weight excluding hydrogens is 553 g/mol. The maximum atomic E-state index is 11.6. The summed E-state index contributed by atoms with van der Waals surface area (Å²) in [5, 5.41) is 26.3. The molecular formula is C30H27Cl2N3O5. The number of carboxylic acids is 1. The number of piperidine rings is 1. The number of benzene rings is 2. The van der Waals surface area contributed by atoms with E-state index in [-0.39, 0.29) is 12.2 Å². The number of carbonyl (C=O) groups is 1. The summed E-state index contributed by atoms with van der Waals surface area (Å²) in [5.74, 6) is 1.10. The normalized spacial score (nSPS) is 16.6. The van der Waals surface area contributed by atoms with E-state index in [1.165, 1.54) is 6.07 Å². The number of halogens is 2. The second-order valence-corrected chi connectivity index (χ2v) is 11.1. The van der Waals surface area contributed by atoms with Gasteiger partial charge in [-0.25, -0.2) is 9.78 Å². The van der Waals surface area contributed by atoms with Crippen molar-refractivity contribution in [1.29, 1.82) is 0 Å². The van der Waals surface area contributed by atoms with E-state index in [4.69, 9.17) is 32.5 Å². The van der Waals surface area contributed by atoms with Gasteiger partial charge >= 0.3 is 5.97 Å². The van der Waals surface area contributed by atoms with Crippen LogP contribution in [0.3, 0.4) is 0 Å². The van der Waals surface area contributed by atoms with Crippen molar-refractivity contribution in [3.05, 3.63) is 93.3 Å². The predicted molar refractivity (Wildman–Crippen MR) is 151 cm³/mol. The van der Waals surface area contributed by atoms with Crippen LogP contribution in [0.25, 0.3) is 11.3 Å². The van der Waals surface area contributed by atoms with E-state index < -0.39 is 11.6 Å². The summed E-state index contributed by atoms with van der Waals surface area (Å²) in [4.78, 5) is 17.8. The highest BCUT2D eigenvalue weighted by Crippen LogP contribution is 2.45. The number of aromatic carboxylic acids is 1. The largest absolute Gasteiger partial charge is 0.489 e. The van der Waals surface area contributed by atoms with Crippen LogP contribution >= 0.6 is 23.2 Å². The second-order valence-electron chi connectivity index (χ2n) is 10.3. The molecule has 1 aliphatic carbocycles. The summed E-state index contributed by atoms with van der Waals surface area (Å²) in [7, 11) is 0. The Hall–Kier alpha value is -3.59. The zero-order chi connectivity index (χ0) is 27.9. The molecule has 206 valence electrons. The van der Waals surface area contributed by atoms with Gasteiger partial charge in [-0.3, -0.25) is 0 Å². The zero-order valence-corrected chi connectivity index (χ0v) is 23.0. The molecule has 1 aliphatic heterocycles. The Bertz CT molecular complexity index is 1560. The lowest BCUT2D eigenvalue weighted by Crippen LogP contribution is -2.43. The van der Waals surface area contributed by atoms with Crippen molar-refractivity contribution in [1.82, 2.24) is 10.1 Å². The van der Waals surface area contributed by atoms with Crippen LogP contribution in [0.1, 0.15) is 58.8 Å². The number of carboxylic acid groups (broad SMARTS) is 1. The molecule has 0 radical (unpaired) electrons. The molecule has 2 aromatic heterocycles. The highest BCUT2D eigenvalue weighted by Gasteiger charge is 2.37. The molecule has 3 heterocycles. The lowest BCUT2D eigenvalue weighted by Gasteiger charge is -2.39. The van der Waals surface area contributed by atoms with Crippen molar-refractivity contribution >= 4 is 35.0 Å². The minimum Gasteiger partial charge on any atom is -0.489 e. The Balaban J connectivity index is 1.17. The first-order valence-electron chi connectivity index (χ1n) is 13.2. The fourth-order valence-corrected chi connectivity index (χ4v) is 5.86. The predicted octanol–water partition coefficient (Wildman–Crippen LogP) is 6.69. The molecule has 1 saturated carbocycles. The van der Waals surface area contributed by atoms with Crippen LogP contribution in [-0.2, 0) is 12.2 Å². The van der Waals surface area contributed by atoms with Crippen LogP contribution in [-0.4, -0.2) is 39.4 Å². The Morgan fingerprint density at radius 2 is 1.85 bits per heavy atom. The van der Waals surface area contributed by atoms with Crippen LogP contribution in [0.15, 0.2) is 65.3 Å². The summed E-state index contributed by atoms with van der Waals surface area (Å²) < 4.78 is 11.9. The van der Waals surface area contributed by atoms with Gasteiger partial charge in [-0.05, 0) is 56.0 Å². The standard InChI is InChI=1S/C30H27Cl2N3O5/c31-24-6-2-1-4-20(24)26-22(27(40-34-26)18-7-8-18)17-39-19-9-10-23(25(32)16-19)30(38)11-14-35(15-12-30)28-21(29(36)37)5-3-13-33-28/h1-6,9-10,13,16,18,38H,7-8,11-12,14-15,17H2,(H,36,37). The van der Waals surface area contributed by atoms with Crippen LogP contribution in [0, 0.1) is 0 Å². The van der Waals surface area contributed by atoms with Gasteiger partial charge in [-0.1, -0.05) is 52.6 Å². The first-order chi connectivity index (χ1) is 19.3. The molecule has 1 saturated heterocycles. The molecule has 0 spiro atoms. The topological polar surface area (TPSA) is 109 Å². The molecule has 8 nitrogen and oxygen atoms in total. The van der Waals surface area contributed by atoms with Gasteiger partial charge < -0.3 is 24.4 Å². The van der Waals surface area contributed by atoms with Crippen LogP contribution in [0.4, 0.5) is 5.82 Å². The van der Waals surface area contributed by atoms with Gasteiger partial charge in [0.05, 0.1) is 21.2 Å². The molecule has 4 aromatic rings. The molecule has 10 heteroatoms.